The lowest BCUT2D eigenvalue weighted by atomic mass is 10.0. The number of nitrogens with two attached hydrogens (primary N) is 1. The molecule has 1 atom stereocenters. The van der Waals surface area contributed by atoms with E-state index >= 15 is 0 Å². The van der Waals surface area contributed by atoms with Gasteiger partial charge in [-0.05, 0) is 36.8 Å². The molecule has 5 heteroatoms. The van der Waals surface area contributed by atoms with E-state index < -0.39 is 0 Å². The van der Waals surface area contributed by atoms with Gasteiger partial charge in [0.05, 0.1) is 5.69 Å². The molecule has 3 nitrogen and oxygen atoms in total. The first kappa shape index (κ1) is 13.8. The Kier molecular flexibility index (Phi) is 4.25. The fraction of sp³-hybridized carbons (Fsp3) is 0.308. The van der Waals surface area contributed by atoms with Crippen molar-refractivity contribution in [3.63, 3.8) is 0 Å². The van der Waals surface area contributed by atoms with Crippen LogP contribution in [-0.2, 0) is 13.5 Å². The average molecular weight is 373 g/mol. The third-order valence-electron chi connectivity index (χ3n) is 2.89. The van der Waals surface area contributed by atoms with Crippen molar-refractivity contribution >= 4 is 31.9 Å². The van der Waals surface area contributed by atoms with Gasteiger partial charge in [0.25, 0.3) is 0 Å². The lowest BCUT2D eigenvalue weighted by Crippen LogP contribution is -2.16. The standard InChI is InChI=1S/C13H15Br2N3/c1-8-5-10(18(2)17-8)7-13(16)11-6-9(14)3-4-12(11)15/h3-6,13H,7,16H2,1-2H3. The van der Waals surface area contributed by atoms with Gasteiger partial charge in [-0.15, -0.1) is 0 Å². The summed E-state index contributed by atoms with van der Waals surface area (Å²) in [7, 11) is 1.95. The van der Waals surface area contributed by atoms with E-state index in [2.05, 4.69) is 49.1 Å². The Morgan fingerprint density at radius 3 is 2.67 bits per heavy atom. The third-order valence-corrected chi connectivity index (χ3v) is 4.10. The van der Waals surface area contributed by atoms with Crippen LogP contribution >= 0.6 is 31.9 Å². The van der Waals surface area contributed by atoms with Crippen molar-refractivity contribution < 1.29 is 0 Å². The Bertz CT molecular complexity index is 563. The summed E-state index contributed by atoms with van der Waals surface area (Å²) in [5.74, 6) is 0. The number of halogens is 2. The minimum Gasteiger partial charge on any atom is -0.324 e. The highest BCUT2D eigenvalue weighted by atomic mass is 79.9. The molecule has 0 bridgehead atoms. The van der Waals surface area contributed by atoms with E-state index in [0.29, 0.717) is 0 Å². The van der Waals surface area contributed by atoms with Crippen molar-refractivity contribution in [3.05, 3.63) is 50.2 Å². The smallest absolute Gasteiger partial charge is 0.0596 e. The van der Waals surface area contributed by atoms with E-state index in [4.69, 9.17) is 5.73 Å². The molecule has 0 spiro atoms. The fourth-order valence-corrected chi connectivity index (χ4v) is 2.91. The van der Waals surface area contributed by atoms with Crippen LogP contribution in [0.1, 0.15) is 23.0 Å². The summed E-state index contributed by atoms with van der Waals surface area (Å²) >= 11 is 7.02. The molecular formula is C13H15Br2N3. The van der Waals surface area contributed by atoms with E-state index in [1.54, 1.807) is 0 Å². The normalized spacial score (nSPS) is 12.7. The number of benzene rings is 1. The minimum atomic E-state index is -0.0494. The molecule has 1 unspecified atom stereocenters. The van der Waals surface area contributed by atoms with E-state index in [1.807, 2.05) is 30.8 Å². The van der Waals surface area contributed by atoms with E-state index in [9.17, 15) is 0 Å². The van der Waals surface area contributed by atoms with Crippen LogP contribution in [0, 0.1) is 6.92 Å². The number of hydrogen-bond donors (Lipinski definition) is 1. The number of aromatic nitrogens is 2. The van der Waals surface area contributed by atoms with Crippen LogP contribution in [-0.4, -0.2) is 9.78 Å². The van der Waals surface area contributed by atoms with Crippen LogP contribution in [0.4, 0.5) is 0 Å². The van der Waals surface area contributed by atoms with Crippen molar-refractivity contribution in [3.8, 4) is 0 Å². The molecule has 2 rings (SSSR count). The highest BCUT2D eigenvalue weighted by Crippen LogP contribution is 2.27. The summed E-state index contributed by atoms with van der Waals surface area (Å²) in [5, 5.41) is 4.34. The molecule has 96 valence electrons. The molecule has 0 fully saturated rings. The fourth-order valence-electron chi connectivity index (χ4n) is 1.99. The first-order valence-corrected chi connectivity index (χ1v) is 7.26. The molecule has 0 aliphatic rings. The summed E-state index contributed by atoms with van der Waals surface area (Å²) in [6.07, 6.45) is 0.770. The highest BCUT2D eigenvalue weighted by Gasteiger charge is 2.13. The minimum absolute atomic E-state index is 0.0494. The second-order valence-electron chi connectivity index (χ2n) is 4.38. The zero-order valence-electron chi connectivity index (χ0n) is 10.3. The molecule has 0 saturated heterocycles. The zero-order chi connectivity index (χ0) is 13.3. The highest BCUT2D eigenvalue weighted by molar-refractivity contribution is 9.11. The Labute approximate surface area is 124 Å². The molecule has 0 amide bonds. The maximum absolute atomic E-state index is 6.28. The molecule has 2 aromatic rings. The molecule has 1 aromatic carbocycles. The van der Waals surface area contributed by atoms with Crippen LogP contribution in [0.25, 0.3) is 0 Å². The number of nitrogens with zero attached hydrogens (tertiary/aromatic N) is 2. The first-order valence-electron chi connectivity index (χ1n) is 5.67. The average Bonchev–Trinajstić information content (AvgIpc) is 2.61. The van der Waals surface area contributed by atoms with Crippen molar-refractivity contribution in [1.29, 1.82) is 0 Å². The second kappa shape index (κ2) is 5.55. The summed E-state index contributed by atoms with van der Waals surface area (Å²) < 4.78 is 3.97. The largest absolute Gasteiger partial charge is 0.324 e. The molecule has 2 N–H and O–H groups in total. The van der Waals surface area contributed by atoms with E-state index in [-0.39, 0.29) is 6.04 Å². The van der Waals surface area contributed by atoms with Gasteiger partial charge in [-0.25, -0.2) is 0 Å². The van der Waals surface area contributed by atoms with Crippen LogP contribution < -0.4 is 5.73 Å². The molecule has 1 heterocycles. The Balaban J connectivity index is 2.24. The van der Waals surface area contributed by atoms with E-state index in [1.165, 1.54) is 0 Å². The van der Waals surface area contributed by atoms with Gasteiger partial charge < -0.3 is 5.73 Å². The Morgan fingerprint density at radius 2 is 2.06 bits per heavy atom. The molecule has 0 saturated carbocycles. The van der Waals surface area contributed by atoms with Gasteiger partial charge in [-0.3, -0.25) is 4.68 Å². The number of aryl methyl sites for hydroxylation is 2. The van der Waals surface area contributed by atoms with Crippen LogP contribution in [0.2, 0.25) is 0 Å². The van der Waals surface area contributed by atoms with Gasteiger partial charge in [0.15, 0.2) is 0 Å². The first-order chi connectivity index (χ1) is 8.47. The molecule has 0 aliphatic carbocycles. The van der Waals surface area contributed by atoms with E-state index in [0.717, 1.165) is 32.3 Å². The summed E-state index contributed by atoms with van der Waals surface area (Å²) in [5.41, 5.74) is 9.55. The van der Waals surface area contributed by atoms with Gasteiger partial charge in [0, 0.05) is 34.1 Å². The molecule has 0 radical (unpaired) electrons. The van der Waals surface area contributed by atoms with Gasteiger partial charge in [0.1, 0.15) is 0 Å². The molecular weight excluding hydrogens is 358 g/mol. The lowest BCUT2D eigenvalue weighted by molar-refractivity contribution is 0.638. The van der Waals surface area contributed by atoms with Crippen molar-refractivity contribution in [1.82, 2.24) is 9.78 Å². The number of rotatable bonds is 3. The van der Waals surface area contributed by atoms with Crippen molar-refractivity contribution in [2.24, 2.45) is 12.8 Å². The Hall–Kier alpha value is -0.650. The maximum Gasteiger partial charge on any atom is 0.0596 e. The quantitative estimate of drug-likeness (QED) is 0.895. The topological polar surface area (TPSA) is 43.8 Å². The van der Waals surface area contributed by atoms with Crippen molar-refractivity contribution in [2.45, 2.75) is 19.4 Å². The lowest BCUT2D eigenvalue weighted by Gasteiger charge is -2.14. The van der Waals surface area contributed by atoms with Crippen LogP contribution in [0.15, 0.2) is 33.2 Å². The van der Waals surface area contributed by atoms with Gasteiger partial charge in [-0.2, -0.15) is 5.10 Å². The second-order valence-corrected chi connectivity index (χ2v) is 6.15. The monoisotopic (exact) mass is 371 g/mol. The predicted octanol–water partition coefficient (Wildman–Crippen LogP) is 3.50. The Morgan fingerprint density at radius 1 is 1.33 bits per heavy atom. The summed E-state index contributed by atoms with van der Waals surface area (Å²) in [6.45, 7) is 1.99. The molecule has 0 aliphatic heterocycles. The van der Waals surface area contributed by atoms with Crippen LogP contribution in [0.3, 0.4) is 0 Å². The predicted molar refractivity (Wildman–Crippen MR) is 80.4 cm³/mol. The van der Waals surface area contributed by atoms with Gasteiger partial charge in [0.2, 0.25) is 0 Å². The summed E-state index contributed by atoms with van der Waals surface area (Å²) in [4.78, 5) is 0. The molecule has 1 aromatic heterocycles. The van der Waals surface area contributed by atoms with Crippen molar-refractivity contribution in [2.75, 3.05) is 0 Å². The third kappa shape index (κ3) is 3.02. The zero-order valence-corrected chi connectivity index (χ0v) is 13.5. The maximum atomic E-state index is 6.28. The summed E-state index contributed by atoms with van der Waals surface area (Å²) in [6, 6.07) is 8.08. The van der Waals surface area contributed by atoms with Gasteiger partial charge in [-0.1, -0.05) is 31.9 Å². The van der Waals surface area contributed by atoms with Gasteiger partial charge >= 0.3 is 0 Å². The van der Waals surface area contributed by atoms with Crippen LogP contribution in [0.5, 0.6) is 0 Å². The SMILES string of the molecule is Cc1cc(CC(N)c2cc(Br)ccc2Br)n(C)n1. The molecule has 18 heavy (non-hydrogen) atoms. The number of hydrogen-bond acceptors (Lipinski definition) is 2.